The number of rotatable bonds is 5. The number of benzene rings is 2. The summed E-state index contributed by atoms with van der Waals surface area (Å²) in [4.78, 5) is 33.0. The van der Waals surface area contributed by atoms with E-state index in [-0.39, 0.29) is 11.5 Å². The molecule has 7 heteroatoms. The van der Waals surface area contributed by atoms with Gasteiger partial charge in [0.25, 0.3) is 11.5 Å². The van der Waals surface area contributed by atoms with Crippen molar-refractivity contribution >= 4 is 29.0 Å². The molecule has 0 radical (unpaired) electrons. The van der Waals surface area contributed by atoms with Gasteiger partial charge in [-0.05, 0) is 36.0 Å². The van der Waals surface area contributed by atoms with Crippen molar-refractivity contribution in [2.75, 3.05) is 26.2 Å². The first-order valence-electron chi connectivity index (χ1n) is 10.00. The molecule has 4 rings (SSSR count). The van der Waals surface area contributed by atoms with Crippen LogP contribution in [0.2, 0.25) is 0 Å². The van der Waals surface area contributed by atoms with Gasteiger partial charge in [0.2, 0.25) is 0 Å². The number of hydrogen-bond acceptors (Lipinski definition) is 4. The van der Waals surface area contributed by atoms with Crippen molar-refractivity contribution in [1.82, 2.24) is 19.4 Å². The molecule has 2 aromatic carbocycles. The minimum absolute atomic E-state index is 0.0224. The molecular formula is C23H24N4O2S. The minimum atomic E-state index is -0.179. The van der Waals surface area contributed by atoms with Crippen LogP contribution in [0.15, 0.2) is 66.0 Å². The fraction of sp³-hybridized carbons (Fsp3) is 0.261. The summed E-state index contributed by atoms with van der Waals surface area (Å²) >= 11 is 5.29. The Kier molecular flexibility index (Phi) is 5.92. The van der Waals surface area contributed by atoms with Gasteiger partial charge in [-0.2, -0.15) is 0 Å². The van der Waals surface area contributed by atoms with Crippen LogP contribution in [0.4, 0.5) is 0 Å². The van der Waals surface area contributed by atoms with Crippen LogP contribution in [0.25, 0.3) is 10.9 Å². The molecule has 0 atom stereocenters. The number of piperazine rings is 1. The summed E-state index contributed by atoms with van der Waals surface area (Å²) in [7, 11) is 0. The molecule has 0 aliphatic carbocycles. The fourth-order valence-electron chi connectivity index (χ4n) is 3.82. The zero-order chi connectivity index (χ0) is 21.1. The van der Waals surface area contributed by atoms with E-state index in [4.69, 9.17) is 12.2 Å². The SMILES string of the molecule is C=CCn1c(=S)[nH]c2cc(C(=O)N3CCN(Cc4ccccc4)CC3)ccc2c1=O. The lowest BCUT2D eigenvalue weighted by Crippen LogP contribution is -2.48. The molecule has 3 aromatic rings. The second-order valence-electron chi connectivity index (χ2n) is 7.45. The molecule has 0 spiro atoms. The van der Waals surface area contributed by atoms with E-state index < -0.39 is 0 Å². The first-order chi connectivity index (χ1) is 14.6. The Balaban J connectivity index is 1.48. The number of aromatic nitrogens is 2. The molecule has 2 heterocycles. The van der Waals surface area contributed by atoms with Crippen molar-refractivity contribution in [3.05, 3.63) is 87.4 Å². The largest absolute Gasteiger partial charge is 0.336 e. The standard InChI is InChI=1S/C23H24N4O2S/c1-2-10-27-22(29)19-9-8-18(15-20(19)24-23(27)30)21(28)26-13-11-25(12-14-26)16-17-6-4-3-5-7-17/h2-9,15H,1,10-14,16H2,(H,24,30). The Morgan fingerprint density at radius 2 is 1.83 bits per heavy atom. The van der Waals surface area contributed by atoms with Gasteiger partial charge < -0.3 is 9.88 Å². The van der Waals surface area contributed by atoms with Gasteiger partial charge in [0, 0.05) is 44.8 Å². The maximum Gasteiger partial charge on any atom is 0.262 e. The zero-order valence-corrected chi connectivity index (χ0v) is 17.5. The highest BCUT2D eigenvalue weighted by atomic mass is 32.1. The summed E-state index contributed by atoms with van der Waals surface area (Å²) < 4.78 is 1.78. The number of carbonyl (C=O) groups is 1. The third kappa shape index (κ3) is 4.13. The lowest BCUT2D eigenvalue weighted by Gasteiger charge is -2.34. The van der Waals surface area contributed by atoms with Crippen LogP contribution in [0.3, 0.4) is 0 Å². The van der Waals surface area contributed by atoms with Crippen LogP contribution in [-0.2, 0) is 13.1 Å². The zero-order valence-electron chi connectivity index (χ0n) is 16.7. The van der Waals surface area contributed by atoms with E-state index in [2.05, 4.69) is 28.6 Å². The van der Waals surface area contributed by atoms with E-state index in [1.807, 2.05) is 23.1 Å². The third-order valence-electron chi connectivity index (χ3n) is 5.45. The lowest BCUT2D eigenvalue weighted by molar-refractivity contribution is 0.0628. The van der Waals surface area contributed by atoms with E-state index in [1.54, 1.807) is 24.3 Å². The van der Waals surface area contributed by atoms with Gasteiger partial charge in [0.1, 0.15) is 0 Å². The number of H-pyrrole nitrogens is 1. The van der Waals surface area contributed by atoms with Crippen molar-refractivity contribution in [2.24, 2.45) is 0 Å². The van der Waals surface area contributed by atoms with Crippen molar-refractivity contribution in [2.45, 2.75) is 13.1 Å². The first kappa shape index (κ1) is 20.3. The molecule has 30 heavy (non-hydrogen) atoms. The minimum Gasteiger partial charge on any atom is -0.336 e. The molecule has 0 bridgehead atoms. The molecule has 0 saturated carbocycles. The quantitative estimate of drug-likeness (QED) is 0.509. The number of nitrogens with zero attached hydrogens (tertiary/aromatic N) is 3. The number of allylic oxidation sites excluding steroid dienone is 1. The topological polar surface area (TPSA) is 61.3 Å². The van der Waals surface area contributed by atoms with Gasteiger partial charge in [0.15, 0.2) is 4.77 Å². The number of amides is 1. The van der Waals surface area contributed by atoms with Crippen LogP contribution < -0.4 is 5.56 Å². The summed E-state index contributed by atoms with van der Waals surface area (Å²) in [5, 5.41) is 0.509. The number of nitrogens with one attached hydrogen (secondary N) is 1. The smallest absolute Gasteiger partial charge is 0.262 e. The Labute approximate surface area is 180 Å². The van der Waals surface area contributed by atoms with Gasteiger partial charge in [0.05, 0.1) is 10.9 Å². The normalized spacial score (nSPS) is 14.7. The number of hydrogen-bond donors (Lipinski definition) is 1. The van der Waals surface area contributed by atoms with E-state index in [0.29, 0.717) is 40.9 Å². The van der Waals surface area contributed by atoms with Crippen molar-refractivity contribution in [3.8, 4) is 0 Å². The predicted molar refractivity (Wildman–Crippen MR) is 121 cm³/mol. The second kappa shape index (κ2) is 8.77. The Hall–Kier alpha value is -3.03. The van der Waals surface area contributed by atoms with E-state index in [9.17, 15) is 9.59 Å². The van der Waals surface area contributed by atoms with Gasteiger partial charge in [-0.15, -0.1) is 6.58 Å². The summed E-state index contributed by atoms with van der Waals surface area (Å²) in [5.41, 5.74) is 2.25. The lowest BCUT2D eigenvalue weighted by atomic mass is 10.1. The van der Waals surface area contributed by atoms with Crippen molar-refractivity contribution in [3.63, 3.8) is 0 Å². The Morgan fingerprint density at radius 3 is 2.53 bits per heavy atom. The van der Waals surface area contributed by atoms with Crippen molar-refractivity contribution in [1.29, 1.82) is 0 Å². The second-order valence-corrected chi connectivity index (χ2v) is 7.84. The molecule has 1 aromatic heterocycles. The van der Waals surface area contributed by atoms with Crippen molar-refractivity contribution < 1.29 is 4.79 Å². The Bertz CT molecular complexity index is 1190. The average Bonchev–Trinajstić information content (AvgIpc) is 2.77. The van der Waals surface area contributed by atoms with E-state index in [1.165, 1.54) is 10.1 Å². The highest BCUT2D eigenvalue weighted by molar-refractivity contribution is 7.71. The third-order valence-corrected chi connectivity index (χ3v) is 5.77. The van der Waals surface area contributed by atoms with Gasteiger partial charge >= 0.3 is 0 Å². The molecular weight excluding hydrogens is 396 g/mol. The maximum atomic E-state index is 13.0. The molecule has 1 N–H and O–H groups in total. The summed E-state index contributed by atoms with van der Waals surface area (Å²) in [6, 6.07) is 15.5. The highest BCUT2D eigenvalue weighted by Gasteiger charge is 2.22. The van der Waals surface area contributed by atoms with Gasteiger partial charge in [-0.3, -0.25) is 19.1 Å². The summed E-state index contributed by atoms with van der Waals surface area (Å²) in [5.74, 6) is -0.0224. The van der Waals surface area contributed by atoms with E-state index in [0.717, 1.165) is 19.6 Å². The average molecular weight is 421 g/mol. The van der Waals surface area contributed by atoms with Crippen LogP contribution in [0.1, 0.15) is 15.9 Å². The summed E-state index contributed by atoms with van der Waals surface area (Å²) in [6.45, 7) is 7.94. The monoisotopic (exact) mass is 420 g/mol. The molecule has 1 aliphatic rings. The molecule has 6 nitrogen and oxygen atoms in total. The molecule has 1 amide bonds. The van der Waals surface area contributed by atoms with Crippen LogP contribution in [0, 0.1) is 4.77 Å². The first-order valence-corrected chi connectivity index (χ1v) is 10.4. The Morgan fingerprint density at radius 1 is 1.10 bits per heavy atom. The molecule has 1 fully saturated rings. The predicted octanol–water partition coefficient (Wildman–Crippen LogP) is 3.20. The summed E-state index contributed by atoms with van der Waals surface area (Å²) in [6.07, 6.45) is 1.63. The number of aromatic amines is 1. The van der Waals surface area contributed by atoms with Gasteiger partial charge in [-0.25, -0.2) is 0 Å². The highest BCUT2D eigenvalue weighted by Crippen LogP contribution is 2.15. The molecule has 0 unspecified atom stereocenters. The van der Waals surface area contributed by atoms with Crippen LogP contribution in [-0.4, -0.2) is 51.4 Å². The molecule has 154 valence electrons. The number of carbonyl (C=O) groups excluding carboxylic acids is 1. The maximum absolute atomic E-state index is 13.0. The van der Waals surface area contributed by atoms with E-state index >= 15 is 0 Å². The van der Waals surface area contributed by atoms with Gasteiger partial charge in [-0.1, -0.05) is 36.4 Å². The van der Waals surface area contributed by atoms with Crippen LogP contribution in [0.5, 0.6) is 0 Å². The molecule has 1 aliphatic heterocycles. The molecule has 1 saturated heterocycles. The van der Waals surface area contributed by atoms with Crippen LogP contribution >= 0.6 is 12.2 Å². The fourth-order valence-corrected chi connectivity index (χ4v) is 4.08. The number of fused-ring (bicyclic) bond motifs is 1.